The summed E-state index contributed by atoms with van der Waals surface area (Å²) in [7, 11) is 1.68. The Morgan fingerprint density at radius 2 is 2.33 bits per heavy atom. The minimum Gasteiger partial charge on any atom is -0.496 e. The van der Waals surface area contributed by atoms with Crippen LogP contribution in [0.3, 0.4) is 0 Å². The van der Waals surface area contributed by atoms with Gasteiger partial charge < -0.3 is 10.1 Å². The molecule has 0 bridgehead atoms. The molecule has 5 heteroatoms. The molecule has 1 unspecified atom stereocenters. The smallest absolute Gasteiger partial charge is 0.124 e. The predicted octanol–water partition coefficient (Wildman–Crippen LogP) is 3.29. The van der Waals surface area contributed by atoms with Crippen molar-refractivity contribution in [2.45, 2.75) is 11.8 Å². The molecule has 1 N–H and O–H groups in total. The van der Waals surface area contributed by atoms with Crippen molar-refractivity contribution >= 4 is 35.1 Å². The van der Waals surface area contributed by atoms with Gasteiger partial charge in [0.2, 0.25) is 0 Å². The first-order chi connectivity index (χ1) is 8.81. The van der Waals surface area contributed by atoms with Crippen LogP contribution in [-0.2, 0) is 6.54 Å². The number of ether oxygens (including phenoxy) is 1. The van der Waals surface area contributed by atoms with Crippen LogP contribution in [0, 0.1) is 0 Å². The summed E-state index contributed by atoms with van der Waals surface area (Å²) in [5.41, 5.74) is 1.05. The summed E-state index contributed by atoms with van der Waals surface area (Å²) in [6.07, 6.45) is 0. The zero-order chi connectivity index (χ0) is 12.8. The summed E-state index contributed by atoms with van der Waals surface area (Å²) >= 11 is 10.3. The number of hydrogen-bond donors (Lipinski definition) is 1. The van der Waals surface area contributed by atoms with Gasteiger partial charge in [-0.25, -0.2) is 0 Å². The third-order valence-electron chi connectivity index (χ3n) is 2.85. The van der Waals surface area contributed by atoms with Crippen molar-refractivity contribution in [3.8, 4) is 5.75 Å². The van der Waals surface area contributed by atoms with Gasteiger partial charge in [-0.1, -0.05) is 17.7 Å². The van der Waals surface area contributed by atoms with E-state index < -0.39 is 0 Å². The highest BCUT2D eigenvalue weighted by atomic mass is 35.5. The predicted molar refractivity (Wildman–Crippen MR) is 83.3 cm³/mol. The zero-order valence-electron chi connectivity index (χ0n) is 10.4. The van der Waals surface area contributed by atoms with Crippen LogP contribution in [0.1, 0.15) is 5.56 Å². The van der Waals surface area contributed by atoms with Crippen LogP contribution in [0.2, 0.25) is 5.02 Å². The number of thioether (sulfide) groups is 2. The Morgan fingerprint density at radius 3 is 3.06 bits per heavy atom. The highest BCUT2D eigenvalue weighted by Crippen LogP contribution is 2.27. The second-order valence-electron chi connectivity index (χ2n) is 4.12. The normalized spacial score (nSPS) is 19.8. The van der Waals surface area contributed by atoms with E-state index in [1.165, 1.54) is 17.3 Å². The average molecular weight is 304 g/mol. The van der Waals surface area contributed by atoms with E-state index in [1.807, 2.05) is 30.0 Å². The molecule has 1 atom stereocenters. The Bertz CT molecular complexity index is 383. The molecule has 1 fully saturated rings. The number of nitrogens with one attached hydrogen (secondary N) is 1. The van der Waals surface area contributed by atoms with E-state index in [2.05, 4.69) is 17.1 Å². The van der Waals surface area contributed by atoms with E-state index in [0.717, 1.165) is 34.7 Å². The summed E-state index contributed by atoms with van der Waals surface area (Å²) in [6.45, 7) is 1.80. The minimum atomic E-state index is 0.720. The van der Waals surface area contributed by atoms with Crippen molar-refractivity contribution in [1.82, 2.24) is 5.32 Å². The third-order valence-corrected chi connectivity index (χ3v) is 6.05. The minimum absolute atomic E-state index is 0.720. The monoisotopic (exact) mass is 303 g/mol. The lowest BCUT2D eigenvalue weighted by molar-refractivity contribution is 0.408. The molecule has 0 radical (unpaired) electrons. The highest BCUT2D eigenvalue weighted by molar-refractivity contribution is 8.06. The van der Waals surface area contributed by atoms with Gasteiger partial charge in [0.25, 0.3) is 0 Å². The lowest BCUT2D eigenvalue weighted by atomic mass is 10.2. The molecule has 1 aromatic rings. The number of halogens is 1. The molecule has 18 heavy (non-hydrogen) atoms. The Balaban J connectivity index is 1.85. The van der Waals surface area contributed by atoms with Gasteiger partial charge in [-0.05, 0) is 12.1 Å². The van der Waals surface area contributed by atoms with Crippen LogP contribution >= 0.6 is 35.1 Å². The van der Waals surface area contributed by atoms with E-state index in [4.69, 9.17) is 16.3 Å². The van der Waals surface area contributed by atoms with Crippen molar-refractivity contribution in [1.29, 1.82) is 0 Å². The van der Waals surface area contributed by atoms with Crippen molar-refractivity contribution in [3.05, 3.63) is 28.8 Å². The Labute approximate surface area is 122 Å². The molecule has 1 heterocycles. The second kappa shape index (κ2) is 7.53. The Kier molecular flexibility index (Phi) is 6.02. The lowest BCUT2D eigenvalue weighted by Gasteiger charge is -2.21. The number of rotatable bonds is 5. The Hall–Kier alpha value is -0.0300. The standard InChI is InChI=1S/C13H18ClNOS2/c1-16-13-4-2-3-12(14)11(13)8-15-7-10-9-17-5-6-18-10/h2-4,10,15H,5-9H2,1H3. The highest BCUT2D eigenvalue weighted by Gasteiger charge is 2.14. The van der Waals surface area contributed by atoms with Crippen molar-refractivity contribution < 1.29 is 4.74 Å². The molecule has 100 valence electrons. The molecule has 1 aromatic carbocycles. The molecule has 1 saturated heterocycles. The molecular weight excluding hydrogens is 286 g/mol. The maximum absolute atomic E-state index is 6.20. The van der Waals surface area contributed by atoms with E-state index in [1.54, 1.807) is 7.11 Å². The first-order valence-corrected chi connectivity index (χ1v) is 8.61. The second-order valence-corrected chi connectivity index (χ2v) is 7.08. The van der Waals surface area contributed by atoms with Gasteiger partial charge in [-0.2, -0.15) is 23.5 Å². The van der Waals surface area contributed by atoms with Gasteiger partial charge in [0.1, 0.15) is 5.75 Å². The molecule has 1 aliphatic rings. The van der Waals surface area contributed by atoms with Crippen LogP contribution in [-0.4, -0.2) is 36.2 Å². The van der Waals surface area contributed by atoms with E-state index >= 15 is 0 Å². The molecule has 0 amide bonds. The summed E-state index contributed by atoms with van der Waals surface area (Å²) < 4.78 is 5.33. The fourth-order valence-corrected chi connectivity index (χ4v) is 4.79. The van der Waals surface area contributed by atoms with Crippen molar-refractivity contribution in [3.63, 3.8) is 0 Å². The average Bonchev–Trinajstić information content (AvgIpc) is 2.41. The molecule has 0 spiro atoms. The number of hydrogen-bond acceptors (Lipinski definition) is 4. The van der Waals surface area contributed by atoms with Gasteiger partial charge in [0, 0.05) is 46.2 Å². The van der Waals surface area contributed by atoms with E-state index in [-0.39, 0.29) is 0 Å². The van der Waals surface area contributed by atoms with Crippen molar-refractivity contribution in [2.75, 3.05) is 30.9 Å². The van der Waals surface area contributed by atoms with Gasteiger partial charge >= 0.3 is 0 Å². The SMILES string of the molecule is COc1cccc(Cl)c1CNCC1CSCCS1. The maximum Gasteiger partial charge on any atom is 0.124 e. The summed E-state index contributed by atoms with van der Waals surface area (Å²) in [4.78, 5) is 0. The van der Waals surface area contributed by atoms with E-state index in [9.17, 15) is 0 Å². The van der Waals surface area contributed by atoms with Crippen LogP contribution < -0.4 is 10.1 Å². The first kappa shape index (κ1) is 14.4. The largest absolute Gasteiger partial charge is 0.496 e. The fourth-order valence-electron chi connectivity index (χ4n) is 1.91. The van der Waals surface area contributed by atoms with Crippen LogP contribution in [0.25, 0.3) is 0 Å². The Morgan fingerprint density at radius 1 is 1.44 bits per heavy atom. The van der Waals surface area contributed by atoms with Gasteiger partial charge in [-0.15, -0.1) is 0 Å². The summed E-state index contributed by atoms with van der Waals surface area (Å²) in [6, 6.07) is 5.78. The molecular formula is C13H18ClNOS2. The molecule has 0 aliphatic carbocycles. The molecule has 2 rings (SSSR count). The number of benzene rings is 1. The van der Waals surface area contributed by atoms with E-state index in [0.29, 0.717) is 0 Å². The zero-order valence-corrected chi connectivity index (χ0v) is 12.8. The topological polar surface area (TPSA) is 21.3 Å². The number of methoxy groups -OCH3 is 1. The first-order valence-electron chi connectivity index (χ1n) is 6.02. The molecule has 1 aliphatic heterocycles. The summed E-state index contributed by atoms with van der Waals surface area (Å²) in [5, 5.41) is 4.98. The van der Waals surface area contributed by atoms with Crippen LogP contribution in [0.5, 0.6) is 5.75 Å². The molecule has 0 saturated carbocycles. The third kappa shape index (κ3) is 3.98. The molecule has 2 nitrogen and oxygen atoms in total. The van der Waals surface area contributed by atoms with Gasteiger partial charge in [-0.3, -0.25) is 0 Å². The summed E-state index contributed by atoms with van der Waals surface area (Å²) in [5.74, 6) is 4.67. The maximum atomic E-state index is 6.20. The molecule has 0 aromatic heterocycles. The quantitative estimate of drug-likeness (QED) is 0.901. The van der Waals surface area contributed by atoms with Crippen LogP contribution in [0.15, 0.2) is 18.2 Å². The lowest BCUT2D eigenvalue weighted by Crippen LogP contribution is -2.28. The van der Waals surface area contributed by atoms with Gasteiger partial charge in [0.15, 0.2) is 0 Å². The fraction of sp³-hybridized carbons (Fsp3) is 0.538. The van der Waals surface area contributed by atoms with Gasteiger partial charge in [0.05, 0.1) is 7.11 Å². The van der Waals surface area contributed by atoms with Crippen LogP contribution in [0.4, 0.5) is 0 Å². The van der Waals surface area contributed by atoms with Crippen molar-refractivity contribution in [2.24, 2.45) is 0 Å².